The Labute approximate surface area is 159 Å². The molecule has 0 N–H and O–H groups in total. The second-order valence-corrected chi connectivity index (χ2v) is 8.13. The predicted molar refractivity (Wildman–Crippen MR) is 108 cm³/mol. The maximum absolute atomic E-state index is 12.6. The van der Waals surface area contributed by atoms with Crippen LogP contribution in [0.5, 0.6) is 0 Å². The molecule has 0 spiro atoms. The lowest BCUT2D eigenvalue weighted by molar-refractivity contribution is -0.118. The van der Waals surface area contributed by atoms with Crippen molar-refractivity contribution in [2.75, 3.05) is 29.1 Å². The Bertz CT molecular complexity index is 1050. The fourth-order valence-corrected chi connectivity index (χ4v) is 3.84. The van der Waals surface area contributed by atoms with Crippen LogP contribution in [0.3, 0.4) is 0 Å². The Morgan fingerprint density at radius 2 is 1.70 bits per heavy atom. The van der Waals surface area contributed by atoms with Crippen molar-refractivity contribution in [1.82, 2.24) is 4.98 Å². The second-order valence-electron chi connectivity index (χ2n) is 6.23. The predicted octanol–water partition coefficient (Wildman–Crippen LogP) is 3.05. The van der Waals surface area contributed by atoms with Gasteiger partial charge in [-0.05, 0) is 24.3 Å². The number of amides is 1. The minimum Gasteiger partial charge on any atom is -0.315 e. The summed E-state index contributed by atoms with van der Waals surface area (Å²) in [5, 5.41) is 0.844. The van der Waals surface area contributed by atoms with E-state index >= 15 is 0 Å². The highest BCUT2D eigenvalue weighted by Crippen LogP contribution is 2.27. The largest absolute Gasteiger partial charge is 0.315 e. The maximum atomic E-state index is 12.6. The number of carbonyl (C=O) groups is 1. The zero-order chi connectivity index (χ0) is 19.4. The van der Waals surface area contributed by atoms with Gasteiger partial charge in [-0.15, -0.1) is 0 Å². The molecule has 7 heteroatoms. The lowest BCUT2D eigenvalue weighted by atomic mass is 10.2. The minimum absolute atomic E-state index is 0.0462. The number of hydrogen-bond donors (Lipinski definition) is 0. The molecule has 0 aliphatic rings. The van der Waals surface area contributed by atoms with Gasteiger partial charge in [-0.2, -0.15) is 0 Å². The van der Waals surface area contributed by atoms with Gasteiger partial charge in [0.1, 0.15) is 0 Å². The van der Waals surface area contributed by atoms with Crippen LogP contribution in [-0.4, -0.2) is 39.2 Å². The molecule has 0 fully saturated rings. The molecule has 0 saturated heterocycles. The summed E-state index contributed by atoms with van der Waals surface area (Å²) in [6, 6.07) is 18.3. The van der Waals surface area contributed by atoms with Gasteiger partial charge in [-0.3, -0.25) is 14.1 Å². The normalized spacial score (nSPS) is 11.3. The van der Waals surface area contributed by atoms with E-state index in [1.807, 2.05) is 42.5 Å². The van der Waals surface area contributed by atoms with E-state index in [-0.39, 0.29) is 18.9 Å². The summed E-state index contributed by atoms with van der Waals surface area (Å²) in [7, 11) is -1.89. The van der Waals surface area contributed by atoms with Gasteiger partial charge in [0.05, 0.1) is 17.5 Å². The number of anilines is 2. The van der Waals surface area contributed by atoms with Crippen molar-refractivity contribution in [3.05, 3.63) is 66.9 Å². The van der Waals surface area contributed by atoms with E-state index < -0.39 is 10.0 Å². The highest BCUT2D eigenvalue weighted by molar-refractivity contribution is 7.92. The first-order valence-corrected chi connectivity index (χ1v) is 10.4. The van der Waals surface area contributed by atoms with Gasteiger partial charge in [0.25, 0.3) is 0 Å². The number of nitrogens with zero attached hydrogens (tertiary/aromatic N) is 3. The van der Waals surface area contributed by atoms with Gasteiger partial charge >= 0.3 is 0 Å². The Morgan fingerprint density at radius 1 is 1.00 bits per heavy atom. The van der Waals surface area contributed by atoms with Gasteiger partial charge in [-0.1, -0.05) is 36.4 Å². The summed E-state index contributed by atoms with van der Waals surface area (Å²) in [5.74, 6) is -0.164. The van der Waals surface area contributed by atoms with Gasteiger partial charge in [0, 0.05) is 37.3 Å². The van der Waals surface area contributed by atoms with Crippen molar-refractivity contribution >= 4 is 38.2 Å². The van der Waals surface area contributed by atoms with Gasteiger partial charge in [-0.25, -0.2) is 8.42 Å². The smallest absolute Gasteiger partial charge is 0.232 e. The van der Waals surface area contributed by atoms with E-state index in [9.17, 15) is 13.2 Å². The van der Waals surface area contributed by atoms with Crippen LogP contribution in [0.25, 0.3) is 10.9 Å². The lowest BCUT2D eigenvalue weighted by Crippen LogP contribution is -2.35. The average molecular weight is 383 g/mol. The average Bonchev–Trinajstić information content (AvgIpc) is 2.67. The fourth-order valence-electron chi connectivity index (χ4n) is 2.91. The molecule has 27 heavy (non-hydrogen) atoms. The number of rotatable bonds is 6. The Kier molecular flexibility index (Phi) is 5.41. The second kappa shape index (κ2) is 7.75. The summed E-state index contributed by atoms with van der Waals surface area (Å²) in [6.45, 7) is 0.0462. The zero-order valence-corrected chi connectivity index (χ0v) is 16.1. The summed E-state index contributed by atoms with van der Waals surface area (Å²) in [6.07, 6.45) is 2.82. The number of para-hydroxylation sites is 2. The summed E-state index contributed by atoms with van der Waals surface area (Å²) < 4.78 is 26.1. The third-order valence-electron chi connectivity index (χ3n) is 4.33. The van der Waals surface area contributed by atoms with E-state index in [4.69, 9.17) is 0 Å². The van der Waals surface area contributed by atoms with Crippen LogP contribution in [0.1, 0.15) is 6.42 Å². The third-order valence-corrected chi connectivity index (χ3v) is 5.51. The molecule has 1 aromatic heterocycles. The first kappa shape index (κ1) is 18.8. The molecule has 3 rings (SSSR count). The number of hydrogen-bond acceptors (Lipinski definition) is 4. The molecule has 2 aromatic carbocycles. The number of benzene rings is 2. The van der Waals surface area contributed by atoms with Crippen LogP contribution in [-0.2, 0) is 14.8 Å². The molecule has 1 heterocycles. The van der Waals surface area contributed by atoms with Crippen LogP contribution >= 0.6 is 0 Å². The van der Waals surface area contributed by atoms with Crippen LogP contribution < -0.4 is 9.21 Å². The highest BCUT2D eigenvalue weighted by Gasteiger charge is 2.22. The van der Waals surface area contributed by atoms with E-state index in [1.165, 1.54) is 9.21 Å². The number of pyridine rings is 1. The van der Waals surface area contributed by atoms with Gasteiger partial charge in [0.2, 0.25) is 15.9 Å². The number of aromatic nitrogens is 1. The molecular weight excluding hydrogens is 362 g/mol. The highest BCUT2D eigenvalue weighted by atomic mass is 32.2. The molecule has 0 aliphatic carbocycles. The van der Waals surface area contributed by atoms with Crippen molar-refractivity contribution in [2.45, 2.75) is 6.42 Å². The molecule has 6 nitrogen and oxygen atoms in total. The van der Waals surface area contributed by atoms with E-state index in [1.54, 1.807) is 31.4 Å². The molecule has 0 atom stereocenters. The molecule has 0 bridgehead atoms. The van der Waals surface area contributed by atoms with E-state index in [0.717, 1.165) is 17.3 Å². The van der Waals surface area contributed by atoms with Crippen molar-refractivity contribution in [1.29, 1.82) is 0 Å². The fraction of sp³-hybridized carbons (Fsp3) is 0.200. The zero-order valence-electron chi connectivity index (χ0n) is 15.2. The van der Waals surface area contributed by atoms with Crippen LogP contribution in [0, 0.1) is 0 Å². The van der Waals surface area contributed by atoms with Gasteiger partial charge in [0.15, 0.2) is 0 Å². The number of sulfonamides is 1. The van der Waals surface area contributed by atoms with E-state index in [0.29, 0.717) is 11.2 Å². The molecule has 0 aliphatic heterocycles. The van der Waals surface area contributed by atoms with Crippen LogP contribution in [0.2, 0.25) is 0 Å². The number of fused-ring (bicyclic) bond motifs is 1. The lowest BCUT2D eigenvalue weighted by Gasteiger charge is -2.24. The monoisotopic (exact) mass is 383 g/mol. The summed E-state index contributed by atoms with van der Waals surface area (Å²) in [5.41, 5.74) is 1.83. The van der Waals surface area contributed by atoms with Crippen molar-refractivity contribution < 1.29 is 13.2 Å². The Hall–Kier alpha value is -2.93. The Balaban J connectivity index is 1.86. The molecule has 0 unspecified atom stereocenters. The molecular formula is C20H21N3O3S. The molecule has 3 aromatic rings. The van der Waals surface area contributed by atoms with E-state index in [2.05, 4.69) is 4.98 Å². The molecule has 0 saturated carbocycles. The quantitative estimate of drug-likeness (QED) is 0.656. The molecule has 0 radical (unpaired) electrons. The summed E-state index contributed by atoms with van der Waals surface area (Å²) >= 11 is 0. The van der Waals surface area contributed by atoms with Crippen molar-refractivity contribution in [3.8, 4) is 0 Å². The SMILES string of the molecule is CN(C(=O)CCN(c1cccc2cccnc12)S(C)(=O)=O)c1ccccc1. The van der Waals surface area contributed by atoms with Crippen LogP contribution in [0.15, 0.2) is 66.9 Å². The first-order chi connectivity index (χ1) is 12.9. The first-order valence-electron chi connectivity index (χ1n) is 8.51. The molecule has 140 valence electrons. The summed E-state index contributed by atoms with van der Waals surface area (Å²) in [4.78, 5) is 18.4. The molecule has 1 amide bonds. The standard InChI is InChI=1S/C20H21N3O3S/c1-22(17-10-4-3-5-11-17)19(24)13-15-23(27(2,25)26)18-12-6-8-16-9-7-14-21-20(16)18/h3-12,14H,13,15H2,1-2H3. The van der Waals surface area contributed by atoms with Crippen molar-refractivity contribution in [2.24, 2.45) is 0 Å². The third kappa shape index (κ3) is 4.25. The Morgan fingerprint density at radius 3 is 2.41 bits per heavy atom. The minimum atomic E-state index is -3.57. The maximum Gasteiger partial charge on any atom is 0.232 e. The van der Waals surface area contributed by atoms with Gasteiger partial charge < -0.3 is 4.90 Å². The topological polar surface area (TPSA) is 70.6 Å². The number of carbonyl (C=O) groups excluding carboxylic acids is 1. The van der Waals surface area contributed by atoms with Crippen molar-refractivity contribution in [3.63, 3.8) is 0 Å². The van der Waals surface area contributed by atoms with Crippen LogP contribution in [0.4, 0.5) is 11.4 Å².